The first-order valence-electron chi connectivity index (χ1n) is 9.25. The number of ether oxygens (including phenoxy) is 2. The molecule has 1 aliphatic heterocycles. The number of hydrogen-bond acceptors (Lipinski definition) is 5. The molecule has 2 amide bonds. The summed E-state index contributed by atoms with van der Waals surface area (Å²) in [5.74, 6) is 0.440. The topological polar surface area (TPSA) is 96.5 Å². The zero-order valence-corrected chi connectivity index (χ0v) is 16.4. The van der Waals surface area contributed by atoms with Crippen LogP contribution in [0.5, 0.6) is 11.5 Å². The average Bonchev–Trinajstić information content (AvgIpc) is 3.27. The number of imidazole rings is 1. The van der Waals surface area contributed by atoms with Gasteiger partial charge in [-0.15, -0.1) is 0 Å². The molecule has 0 spiro atoms. The second kappa shape index (κ2) is 7.46. The normalized spacial score (nSPS) is 18.9. The number of hydrogen-bond donors (Lipinski definition) is 2. The van der Waals surface area contributed by atoms with E-state index in [9.17, 15) is 9.59 Å². The van der Waals surface area contributed by atoms with Crippen molar-refractivity contribution in [2.75, 3.05) is 26.6 Å². The number of carbonyl (C=O) groups is 2. The van der Waals surface area contributed by atoms with E-state index in [4.69, 9.17) is 9.47 Å². The van der Waals surface area contributed by atoms with Crippen molar-refractivity contribution in [1.82, 2.24) is 14.9 Å². The van der Waals surface area contributed by atoms with E-state index in [-0.39, 0.29) is 18.2 Å². The third kappa shape index (κ3) is 3.26. The fourth-order valence-corrected chi connectivity index (χ4v) is 3.90. The van der Waals surface area contributed by atoms with Crippen LogP contribution in [0.4, 0.5) is 5.95 Å². The molecule has 4 rings (SSSR count). The number of amides is 2. The Balaban J connectivity index is 1.66. The summed E-state index contributed by atoms with van der Waals surface area (Å²) in [6, 6.07) is 12.5. The van der Waals surface area contributed by atoms with Crippen molar-refractivity contribution < 1.29 is 19.1 Å². The summed E-state index contributed by atoms with van der Waals surface area (Å²) < 4.78 is 10.9. The molecule has 1 aromatic heterocycles. The van der Waals surface area contributed by atoms with Gasteiger partial charge in [-0.25, -0.2) is 4.98 Å². The lowest BCUT2D eigenvalue weighted by atomic mass is 9.92. The number of nitrogens with one attached hydrogen (secondary N) is 2. The molecule has 2 heterocycles. The van der Waals surface area contributed by atoms with E-state index >= 15 is 0 Å². The minimum Gasteiger partial charge on any atom is -0.493 e. The number of carbonyl (C=O) groups excluding carboxylic acids is 2. The van der Waals surface area contributed by atoms with Gasteiger partial charge in [-0.05, 0) is 18.2 Å². The number of likely N-dealkylation sites (tertiary alicyclic amines) is 1. The van der Waals surface area contributed by atoms with E-state index in [0.717, 1.165) is 16.6 Å². The lowest BCUT2D eigenvalue weighted by Crippen LogP contribution is -2.30. The molecule has 1 saturated heterocycles. The molecule has 8 nitrogen and oxygen atoms in total. The Bertz CT molecular complexity index is 1040. The molecule has 2 aromatic carbocycles. The van der Waals surface area contributed by atoms with Crippen LogP contribution in [-0.4, -0.2) is 47.9 Å². The average molecular weight is 394 g/mol. The zero-order chi connectivity index (χ0) is 20.5. The highest BCUT2D eigenvalue weighted by atomic mass is 16.5. The Labute approximate surface area is 167 Å². The fraction of sp³-hybridized carbons (Fsp3) is 0.286. The Morgan fingerprint density at radius 2 is 1.97 bits per heavy atom. The monoisotopic (exact) mass is 394 g/mol. The summed E-state index contributed by atoms with van der Waals surface area (Å²) in [5, 5.41) is 2.82. The maximum atomic E-state index is 13.1. The molecule has 0 unspecified atom stereocenters. The third-order valence-electron chi connectivity index (χ3n) is 5.31. The predicted octanol–water partition coefficient (Wildman–Crippen LogP) is 2.74. The second-order valence-corrected chi connectivity index (χ2v) is 6.93. The molecule has 2 N–H and O–H groups in total. The van der Waals surface area contributed by atoms with Crippen molar-refractivity contribution in [3.8, 4) is 11.5 Å². The molecule has 29 heavy (non-hydrogen) atoms. The summed E-state index contributed by atoms with van der Waals surface area (Å²) in [5.41, 5.74) is 2.31. The van der Waals surface area contributed by atoms with Crippen molar-refractivity contribution in [2.45, 2.75) is 12.5 Å². The molecule has 8 heteroatoms. The minimum absolute atomic E-state index is 0.105. The van der Waals surface area contributed by atoms with Gasteiger partial charge < -0.3 is 19.4 Å². The molecule has 0 radical (unpaired) electrons. The Kier molecular flexibility index (Phi) is 4.84. The van der Waals surface area contributed by atoms with Crippen LogP contribution in [0.1, 0.15) is 18.0 Å². The van der Waals surface area contributed by atoms with Gasteiger partial charge in [0, 0.05) is 19.0 Å². The first-order chi connectivity index (χ1) is 14.0. The molecule has 1 fully saturated rings. The van der Waals surface area contributed by atoms with Crippen LogP contribution in [0, 0.1) is 5.92 Å². The van der Waals surface area contributed by atoms with Crippen LogP contribution in [0.15, 0.2) is 42.5 Å². The number of anilines is 1. The maximum absolute atomic E-state index is 13.1. The molecule has 0 aliphatic carbocycles. The standard InChI is InChI=1S/C21H22N4O4/c1-25-17(26)11-13(18(25)12-7-6-10-16(28-2)19(12)29-3)20(27)24-21-22-14-8-4-5-9-15(14)23-21/h4-10,13,18H,11H2,1-3H3,(H2,22,23,24,27)/t13-,18+/m0/s1. The van der Waals surface area contributed by atoms with Crippen molar-refractivity contribution in [3.63, 3.8) is 0 Å². The van der Waals surface area contributed by atoms with Gasteiger partial charge in [0.05, 0.1) is 37.2 Å². The molecule has 0 saturated carbocycles. The number of aromatic amines is 1. The second-order valence-electron chi connectivity index (χ2n) is 6.93. The number of methoxy groups -OCH3 is 2. The van der Waals surface area contributed by atoms with E-state index in [2.05, 4.69) is 15.3 Å². The number of aromatic nitrogens is 2. The largest absolute Gasteiger partial charge is 0.493 e. The highest BCUT2D eigenvalue weighted by Gasteiger charge is 2.44. The van der Waals surface area contributed by atoms with Gasteiger partial charge >= 0.3 is 0 Å². The Hall–Kier alpha value is -3.55. The van der Waals surface area contributed by atoms with Gasteiger partial charge in [0.2, 0.25) is 17.8 Å². The van der Waals surface area contributed by atoms with E-state index in [1.807, 2.05) is 36.4 Å². The fourth-order valence-electron chi connectivity index (χ4n) is 3.90. The van der Waals surface area contributed by atoms with Crippen molar-refractivity contribution >= 4 is 28.8 Å². The smallest absolute Gasteiger partial charge is 0.232 e. The van der Waals surface area contributed by atoms with Gasteiger partial charge in [0.25, 0.3) is 0 Å². The summed E-state index contributed by atoms with van der Waals surface area (Å²) in [6.45, 7) is 0. The van der Waals surface area contributed by atoms with Crippen LogP contribution in [0.2, 0.25) is 0 Å². The van der Waals surface area contributed by atoms with Crippen LogP contribution < -0.4 is 14.8 Å². The van der Waals surface area contributed by atoms with Gasteiger partial charge in [-0.2, -0.15) is 0 Å². The van der Waals surface area contributed by atoms with E-state index in [0.29, 0.717) is 17.4 Å². The minimum atomic E-state index is -0.596. The van der Waals surface area contributed by atoms with Crippen molar-refractivity contribution in [3.05, 3.63) is 48.0 Å². The molecule has 3 aromatic rings. The molecule has 0 bridgehead atoms. The number of H-pyrrole nitrogens is 1. The van der Waals surface area contributed by atoms with Gasteiger partial charge in [-0.3, -0.25) is 14.9 Å². The van der Waals surface area contributed by atoms with Crippen LogP contribution in [0.3, 0.4) is 0 Å². The lowest BCUT2D eigenvalue weighted by Gasteiger charge is -2.26. The highest BCUT2D eigenvalue weighted by molar-refractivity contribution is 5.98. The number of benzene rings is 2. The zero-order valence-electron chi connectivity index (χ0n) is 16.4. The molecular formula is C21H22N4O4. The van der Waals surface area contributed by atoms with E-state index in [1.165, 1.54) is 0 Å². The third-order valence-corrected chi connectivity index (χ3v) is 5.31. The van der Waals surface area contributed by atoms with Gasteiger partial charge in [0.1, 0.15) is 0 Å². The van der Waals surface area contributed by atoms with Crippen LogP contribution in [-0.2, 0) is 9.59 Å². The summed E-state index contributed by atoms with van der Waals surface area (Å²) in [4.78, 5) is 34.6. The van der Waals surface area contributed by atoms with Crippen molar-refractivity contribution in [1.29, 1.82) is 0 Å². The molecular weight excluding hydrogens is 372 g/mol. The number of nitrogens with zero attached hydrogens (tertiary/aromatic N) is 2. The quantitative estimate of drug-likeness (QED) is 0.694. The lowest BCUT2D eigenvalue weighted by molar-refractivity contribution is -0.128. The first-order valence-corrected chi connectivity index (χ1v) is 9.25. The Morgan fingerprint density at radius 1 is 1.17 bits per heavy atom. The summed E-state index contributed by atoms with van der Waals surface area (Å²) in [7, 11) is 4.79. The van der Waals surface area contributed by atoms with Gasteiger partial charge in [-0.1, -0.05) is 24.3 Å². The van der Waals surface area contributed by atoms with Crippen LogP contribution in [0.25, 0.3) is 11.0 Å². The van der Waals surface area contributed by atoms with Crippen molar-refractivity contribution in [2.24, 2.45) is 5.92 Å². The predicted molar refractivity (Wildman–Crippen MR) is 108 cm³/mol. The first kappa shape index (κ1) is 18.8. The SMILES string of the molecule is COc1cccc([C@@H]2[C@@H](C(=O)Nc3nc4ccccc4[nH]3)CC(=O)N2C)c1OC. The van der Waals surface area contributed by atoms with E-state index in [1.54, 1.807) is 32.2 Å². The highest BCUT2D eigenvalue weighted by Crippen LogP contribution is 2.44. The Morgan fingerprint density at radius 3 is 2.69 bits per heavy atom. The summed E-state index contributed by atoms with van der Waals surface area (Å²) >= 11 is 0. The maximum Gasteiger partial charge on any atom is 0.232 e. The molecule has 150 valence electrons. The number of rotatable bonds is 5. The summed E-state index contributed by atoms with van der Waals surface area (Å²) in [6.07, 6.45) is 0.105. The van der Waals surface area contributed by atoms with Gasteiger partial charge in [0.15, 0.2) is 11.5 Å². The molecule has 1 aliphatic rings. The molecule has 2 atom stereocenters. The number of fused-ring (bicyclic) bond motifs is 1. The number of para-hydroxylation sites is 3. The van der Waals surface area contributed by atoms with Crippen LogP contribution >= 0.6 is 0 Å². The van der Waals surface area contributed by atoms with E-state index < -0.39 is 12.0 Å².